The van der Waals surface area contributed by atoms with Crippen LogP contribution in [0.1, 0.15) is 36.6 Å². The highest BCUT2D eigenvalue weighted by Gasteiger charge is 2.33. The van der Waals surface area contributed by atoms with E-state index in [0.29, 0.717) is 32.2 Å². The quantitative estimate of drug-likeness (QED) is 0.228. The van der Waals surface area contributed by atoms with Gasteiger partial charge >= 0.3 is 5.97 Å². The Bertz CT molecular complexity index is 2070. The van der Waals surface area contributed by atoms with Crippen LogP contribution in [0.4, 0.5) is 5.69 Å². The molecule has 0 bridgehead atoms. The predicted octanol–water partition coefficient (Wildman–Crippen LogP) is 5.52. The first-order chi connectivity index (χ1) is 20.8. The fourth-order valence-corrected chi connectivity index (χ4v) is 6.77. The van der Waals surface area contributed by atoms with Crippen molar-refractivity contribution >= 4 is 51.6 Å². The Labute approximate surface area is 258 Å². The van der Waals surface area contributed by atoms with Gasteiger partial charge in [-0.05, 0) is 55.3 Å². The number of esters is 1. The molecule has 0 fully saturated rings. The van der Waals surface area contributed by atoms with E-state index in [0.717, 1.165) is 33.3 Å². The van der Waals surface area contributed by atoms with E-state index in [2.05, 4.69) is 22.9 Å². The SMILES string of the molecule is CCOC(=O)C1=C(C)N=c2sc(=Cc3cn(Cc4ccccc4Cl)c4ccccc34)c(=O)n2C1c1ccc(N(C)C)cc1. The molecule has 0 spiro atoms. The fraction of sp³-hybridized carbons (Fsp3) is 0.206. The number of benzene rings is 3. The van der Waals surface area contributed by atoms with E-state index in [1.54, 1.807) is 18.4 Å². The molecule has 43 heavy (non-hydrogen) atoms. The average Bonchev–Trinajstić information content (AvgIpc) is 3.50. The number of rotatable bonds is 7. The maximum absolute atomic E-state index is 14.2. The lowest BCUT2D eigenvalue weighted by Gasteiger charge is -2.25. The average molecular weight is 611 g/mol. The van der Waals surface area contributed by atoms with Crippen molar-refractivity contribution in [1.82, 2.24) is 9.13 Å². The number of nitrogens with zero attached hydrogens (tertiary/aromatic N) is 4. The number of aromatic nitrogens is 2. The van der Waals surface area contributed by atoms with Gasteiger partial charge in [0.1, 0.15) is 0 Å². The molecule has 1 aliphatic rings. The van der Waals surface area contributed by atoms with Crippen LogP contribution in [0.2, 0.25) is 5.02 Å². The summed E-state index contributed by atoms with van der Waals surface area (Å²) >= 11 is 7.80. The Morgan fingerprint density at radius 3 is 2.51 bits per heavy atom. The van der Waals surface area contributed by atoms with Crippen molar-refractivity contribution in [2.75, 3.05) is 25.6 Å². The summed E-state index contributed by atoms with van der Waals surface area (Å²) in [5.74, 6) is -0.470. The first-order valence-corrected chi connectivity index (χ1v) is 15.2. The van der Waals surface area contributed by atoms with Crippen molar-refractivity contribution in [3.63, 3.8) is 0 Å². The van der Waals surface area contributed by atoms with Crippen LogP contribution in [-0.4, -0.2) is 35.8 Å². The Morgan fingerprint density at radius 1 is 1.07 bits per heavy atom. The first kappa shape index (κ1) is 28.7. The molecule has 3 heterocycles. The zero-order chi connectivity index (χ0) is 30.2. The molecule has 218 valence electrons. The number of thiazole rings is 1. The van der Waals surface area contributed by atoms with E-state index < -0.39 is 12.0 Å². The third-order valence-electron chi connectivity index (χ3n) is 7.65. The van der Waals surface area contributed by atoms with Crippen LogP contribution in [0.25, 0.3) is 17.0 Å². The van der Waals surface area contributed by atoms with E-state index in [1.807, 2.05) is 85.7 Å². The van der Waals surface area contributed by atoms with Crippen LogP contribution in [0.15, 0.2) is 100 Å². The summed E-state index contributed by atoms with van der Waals surface area (Å²) in [5.41, 5.74) is 5.51. The lowest BCUT2D eigenvalue weighted by Crippen LogP contribution is -2.39. The molecule has 6 rings (SSSR count). The lowest BCUT2D eigenvalue weighted by atomic mass is 9.95. The van der Waals surface area contributed by atoms with Gasteiger partial charge in [-0.1, -0.05) is 71.5 Å². The van der Waals surface area contributed by atoms with Gasteiger partial charge in [-0.2, -0.15) is 0 Å². The summed E-state index contributed by atoms with van der Waals surface area (Å²) in [6.07, 6.45) is 3.98. The first-order valence-electron chi connectivity index (χ1n) is 14.0. The topological polar surface area (TPSA) is 68.8 Å². The van der Waals surface area contributed by atoms with Gasteiger partial charge in [0.15, 0.2) is 4.80 Å². The fourth-order valence-electron chi connectivity index (χ4n) is 5.53. The standard InChI is InChI=1S/C34H31ClN4O3S/c1-5-42-33(41)30-21(2)36-34-39(31(30)22-14-16-25(17-15-22)37(3)4)32(40)29(43-34)18-24-20-38(28-13-9-7-11-26(24)28)19-23-10-6-8-12-27(23)35/h6-18,20,31H,5,19H2,1-4H3. The lowest BCUT2D eigenvalue weighted by molar-refractivity contribution is -0.139. The van der Waals surface area contributed by atoms with Gasteiger partial charge in [-0.15, -0.1) is 0 Å². The van der Waals surface area contributed by atoms with Crippen LogP contribution in [0, 0.1) is 0 Å². The van der Waals surface area contributed by atoms with E-state index in [1.165, 1.54) is 11.3 Å². The third-order valence-corrected chi connectivity index (χ3v) is 9.00. The molecule has 3 aromatic carbocycles. The van der Waals surface area contributed by atoms with Crippen molar-refractivity contribution in [2.45, 2.75) is 26.4 Å². The Balaban J connectivity index is 1.51. The van der Waals surface area contributed by atoms with Crippen LogP contribution in [0.5, 0.6) is 0 Å². The number of hydrogen-bond donors (Lipinski definition) is 0. The van der Waals surface area contributed by atoms with E-state index in [-0.39, 0.29) is 12.2 Å². The number of hydrogen-bond acceptors (Lipinski definition) is 6. The molecule has 0 saturated heterocycles. The van der Waals surface area contributed by atoms with Gasteiger partial charge in [0.25, 0.3) is 5.56 Å². The monoisotopic (exact) mass is 610 g/mol. The highest BCUT2D eigenvalue weighted by atomic mass is 35.5. The normalized spacial score (nSPS) is 15.0. The molecule has 1 aliphatic heterocycles. The van der Waals surface area contributed by atoms with Gasteiger partial charge in [0.05, 0.1) is 28.5 Å². The number of carbonyl (C=O) groups is 1. The van der Waals surface area contributed by atoms with Gasteiger partial charge in [0.2, 0.25) is 0 Å². The Kier molecular flexibility index (Phi) is 7.81. The molecule has 1 atom stereocenters. The largest absolute Gasteiger partial charge is 0.463 e. The Hall–Kier alpha value is -4.40. The summed E-state index contributed by atoms with van der Waals surface area (Å²) in [5, 5.41) is 1.74. The van der Waals surface area contributed by atoms with Gasteiger partial charge in [-0.25, -0.2) is 9.79 Å². The third kappa shape index (κ3) is 5.32. The second-order valence-corrected chi connectivity index (χ2v) is 12.0. The van der Waals surface area contributed by atoms with Crippen LogP contribution < -0.4 is 19.8 Å². The molecule has 2 aromatic heterocycles. The molecule has 0 radical (unpaired) electrons. The summed E-state index contributed by atoms with van der Waals surface area (Å²) < 4.78 is 9.75. The predicted molar refractivity (Wildman–Crippen MR) is 174 cm³/mol. The maximum Gasteiger partial charge on any atom is 0.338 e. The molecule has 0 amide bonds. The second-order valence-electron chi connectivity index (χ2n) is 10.6. The van der Waals surface area contributed by atoms with Crippen molar-refractivity contribution in [3.8, 4) is 0 Å². The smallest absolute Gasteiger partial charge is 0.338 e. The highest BCUT2D eigenvalue weighted by molar-refractivity contribution is 7.07. The zero-order valence-corrected chi connectivity index (χ0v) is 25.9. The minimum Gasteiger partial charge on any atom is -0.463 e. The molecule has 7 nitrogen and oxygen atoms in total. The molecule has 5 aromatic rings. The number of para-hydroxylation sites is 1. The number of carbonyl (C=O) groups excluding carboxylic acids is 1. The zero-order valence-electron chi connectivity index (χ0n) is 24.4. The molecular formula is C34H31ClN4O3S. The van der Waals surface area contributed by atoms with Crippen LogP contribution >= 0.6 is 22.9 Å². The summed E-state index contributed by atoms with van der Waals surface area (Å²) in [4.78, 5) is 34.7. The number of anilines is 1. The van der Waals surface area contributed by atoms with Crippen LogP contribution in [-0.2, 0) is 16.1 Å². The van der Waals surface area contributed by atoms with Crippen molar-refractivity contribution < 1.29 is 9.53 Å². The van der Waals surface area contributed by atoms with Crippen molar-refractivity contribution in [3.05, 3.63) is 132 Å². The maximum atomic E-state index is 14.2. The van der Waals surface area contributed by atoms with E-state index in [4.69, 9.17) is 21.3 Å². The van der Waals surface area contributed by atoms with Gasteiger partial charge in [-0.3, -0.25) is 9.36 Å². The van der Waals surface area contributed by atoms with E-state index in [9.17, 15) is 9.59 Å². The van der Waals surface area contributed by atoms with Crippen LogP contribution in [0.3, 0.4) is 0 Å². The molecule has 0 saturated carbocycles. The van der Waals surface area contributed by atoms with Crippen molar-refractivity contribution in [2.24, 2.45) is 4.99 Å². The summed E-state index contributed by atoms with van der Waals surface area (Å²) in [6.45, 7) is 4.39. The number of ether oxygens (including phenoxy) is 1. The molecule has 9 heteroatoms. The highest BCUT2D eigenvalue weighted by Crippen LogP contribution is 2.32. The number of halogens is 1. The molecule has 0 aliphatic carbocycles. The molecular weight excluding hydrogens is 580 g/mol. The summed E-state index contributed by atoms with van der Waals surface area (Å²) in [6, 6.07) is 23.1. The van der Waals surface area contributed by atoms with E-state index >= 15 is 0 Å². The van der Waals surface area contributed by atoms with Crippen molar-refractivity contribution in [1.29, 1.82) is 0 Å². The van der Waals surface area contributed by atoms with Gasteiger partial charge < -0.3 is 14.2 Å². The minimum absolute atomic E-state index is 0.206. The Morgan fingerprint density at radius 2 is 1.79 bits per heavy atom. The summed E-state index contributed by atoms with van der Waals surface area (Å²) in [7, 11) is 3.94. The second kappa shape index (κ2) is 11.7. The van der Waals surface area contributed by atoms with Gasteiger partial charge in [0, 0.05) is 54.0 Å². The molecule has 0 N–H and O–H groups in total. The molecule has 1 unspecified atom stereocenters. The minimum atomic E-state index is -0.657. The number of allylic oxidation sites excluding steroid dienone is 1. The number of fused-ring (bicyclic) bond motifs is 2.